The van der Waals surface area contributed by atoms with Gasteiger partial charge in [0.05, 0.1) is 12.7 Å². The summed E-state index contributed by atoms with van der Waals surface area (Å²) in [4.78, 5) is 40.9. The van der Waals surface area contributed by atoms with E-state index in [1.165, 1.54) is 30.0 Å². The smallest absolute Gasteiger partial charge is 0.351 e. The third-order valence-electron chi connectivity index (χ3n) is 4.29. The fourth-order valence-corrected chi connectivity index (χ4v) is 2.88. The van der Waals surface area contributed by atoms with Gasteiger partial charge >= 0.3 is 11.7 Å². The van der Waals surface area contributed by atoms with Crippen LogP contribution in [0.15, 0.2) is 71.8 Å². The summed E-state index contributed by atoms with van der Waals surface area (Å²) in [6.07, 6.45) is 2.85. The van der Waals surface area contributed by atoms with Crippen LogP contribution in [-0.2, 0) is 16.1 Å². The SMILES string of the molecule is COC(=O)c1cccc(NC(=O)Cn2nc3c(Oc4ccccc4)nccn3c2=O)c1. The first-order chi connectivity index (χ1) is 15.0. The van der Waals surface area contributed by atoms with E-state index in [4.69, 9.17) is 4.74 Å². The molecule has 0 bridgehead atoms. The molecule has 0 saturated carbocycles. The predicted molar refractivity (Wildman–Crippen MR) is 110 cm³/mol. The standard InChI is InChI=1S/C21H17N5O5/c1-30-20(28)14-6-5-7-15(12-14)23-17(27)13-26-21(29)25-11-10-22-19(18(25)24-26)31-16-8-3-2-4-9-16/h2-12H,13H2,1H3,(H,23,27). The average Bonchev–Trinajstić information content (AvgIpc) is 3.10. The Morgan fingerprint density at radius 2 is 1.90 bits per heavy atom. The number of hydrogen-bond donors (Lipinski definition) is 1. The minimum absolute atomic E-state index is 0.135. The van der Waals surface area contributed by atoms with Gasteiger partial charge < -0.3 is 14.8 Å². The van der Waals surface area contributed by atoms with Crippen LogP contribution in [0, 0.1) is 0 Å². The van der Waals surface area contributed by atoms with E-state index in [-0.39, 0.29) is 18.1 Å². The van der Waals surface area contributed by atoms with Crippen molar-refractivity contribution in [2.45, 2.75) is 6.54 Å². The van der Waals surface area contributed by atoms with E-state index in [2.05, 4.69) is 20.1 Å². The lowest BCUT2D eigenvalue weighted by atomic mass is 10.2. The summed E-state index contributed by atoms with van der Waals surface area (Å²) < 4.78 is 12.6. The lowest BCUT2D eigenvalue weighted by Gasteiger charge is -2.06. The topological polar surface area (TPSA) is 117 Å². The van der Waals surface area contributed by atoms with Crippen molar-refractivity contribution in [1.29, 1.82) is 0 Å². The van der Waals surface area contributed by atoms with Gasteiger partial charge in [-0.25, -0.2) is 23.7 Å². The Bertz CT molecular complexity index is 1310. The second kappa shape index (κ2) is 8.49. The minimum Gasteiger partial charge on any atom is -0.465 e. The molecular formula is C21H17N5O5. The lowest BCUT2D eigenvalue weighted by molar-refractivity contribution is -0.117. The maximum absolute atomic E-state index is 12.6. The molecule has 0 spiro atoms. The Morgan fingerprint density at radius 1 is 1.10 bits per heavy atom. The highest BCUT2D eigenvalue weighted by molar-refractivity contribution is 5.94. The molecular weight excluding hydrogens is 402 g/mol. The van der Waals surface area contributed by atoms with E-state index in [1.54, 1.807) is 42.5 Å². The van der Waals surface area contributed by atoms with Crippen LogP contribution < -0.4 is 15.7 Å². The number of hydrogen-bond acceptors (Lipinski definition) is 7. The van der Waals surface area contributed by atoms with Crippen molar-refractivity contribution >= 4 is 23.2 Å². The van der Waals surface area contributed by atoms with E-state index in [1.807, 2.05) is 6.07 Å². The number of rotatable bonds is 6. The molecule has 1 amide bonds. The van der Waals surface area contributed by atoms with Gasteiger partial charge in [-0.2, -0.15) is 0 Å². The van der Waals surface area contributed by atoms with Crippen LogP contribution in [0.4, 0.5) is 5.69 Å². The molecule has 10 heteroatoms. The van der Waals surface area contributed by atoms with E-state index in [0.29, 0.717) is 17.0 Å². The Labute approximate surface area is 175 Å². The third kappa shape index (κ3) is 4.27. The number of carbonyl (C=O) groups excluding carboxylic acids is 2. The fourth-order valence-electron chi connectivity index (χ4n) is 2.88. The molecule has 0 aliphatic heterocycles. The average molecular weight is 419 g/mol. The second-order valence-electron chi connectivity index (χ2n) is 6.40. The number of amides is 1. The first-order valence-electron chi connectivity index (χ1n) is 9.20. The molecule has 0 unspecified atom stereocenters. The molecule has 0 radical (unpaired) electrons. The number of ether oxygens (including phenoxy) is 2. The van der Waals surface area contributed by atoms with Gasteiger partial charge in [0.1, 0.15) is 12.3 Å². The van der Waals surface area contributed by atoms with E-state index in [0.717, 1.165) is 4.68 Å². The fraction of sp³-hybridized carbons (Fsp3) is 0.0952. The number of carbonyl (C=O) groups is 2. The summed E-state index contributed by atoms with van der Waals surface area (Å²) in [5.41, 5.74) is 0.337. The summed E-state index contributed by atoms with van der Waals surface area (Å²) in [7, 11) is 1.27. The number of methoxy groups -OCH3 is 1. The lowest BCUT2D eigenvalue weighted by Crippen LogP contribution is -2.28. The molecule has 0 saturated heterocycles. The predicted octanol–water partition coefficient (Wildman–Crippen LogP) is 2.11. The number of nitrogens with zero attached hydrogens (tertiary/aromatic N) is 4. The van der Waals surface area contributed by atoms with Crippen molar-refractivity contribution < 1.29 is 19.1 Å². The van der Waals surface area contributed by atoms with Crippen LogP contribution >= 0.6 is 0 Å². The van der Waals surface area contributed by atoms with Crippen molar-refractivity contribution in [3.63, 3.8) is 0 Å². The molecule has 4 rings (SSSR count). The number of para-hydroxylation sites is 1. The van der Waals surface area contributed by atoms with Gasteiger partial charge in [-0.15, -0.1) is 5.10 Å². The quantitative estimate of drug-likeness (QED) is 0.476. The van der Waals surface area contributed by atoms with E-state index < -0.39 is 17.6 Å². The molecule has 2 heterocycles. The molecule has 0 fully saturated rings. The van der Waals surface area contributed by atoms with Crippen molar-refractivity contribution in [1.82, 2.24) is 19.2 Å². The summed E-state index contributed by atoms with van der Waals surface area (Å²) in [6.45, 7) is -0.340. The van der Waals surface area contributed by atoms with Gasteiger partial charge in [0.2, 0.25) is 11.6 Å². The normalized spacial score (nSPS) is 10.6. The maximum Gasteiger partial charge on any atom is 0.351 e. The van der Waals surface area contributed by atoms with Crippen LogP contribution in [0.25, 0.3) is 5.65 Å². The molecule has 0 aliphatic carbocycles. The highest BCUT2D eigenvalue weighted by Crippen LogP contribution is 2.21. The zero-order valence-corrected chi connectivity index (χ0v) is 16.4. The first-order valence-corrected chi connectivity index (χ1v) is 9.20. The molecule has 31 heavy (non-hydrogen) atoms. The van der Waals surface area contributed by atoms with Gasteiger partial charge in [-0.3, -0.25) is 4.79 Å². The number of benzene rings is 2. The largest absolute Gasteiger partial charge is 0.465 e. The monoisotopic (exact) mass is 419 g/mol. The van der Waals surface area contributed by atoms with Crippen molar-refractivity contribution in [3.8, 4) is 11.6 Å². The van der Waals surface area contributed by atoms with Crippen molar-refractivity contribution in [2.75, 3.05) is 12.4 Å². The Hall–Kier alpha value is -4.47. The summed E-state index contributed by atoms with van der Waals surface area (Å²) >= 11 is 0. The summed E-state index contributed by atoms with van der Waals surface area (Å²) in [5, 5.41) is 6.83. The van der Waals surface area contributed by atoms with Gasteiger partial charge in [0.25, 0.3) is 5.88 Å². The van der Waals surface area contributed by atoms with Gasteiger partial charge in [0, 0.05) is 18.1 Å². The molecule has 0 atom stereocenters. The van der Waals surface area contributed by atoms with Crippen LogP contribution in [0.5, 0.6) is 11.6 Å². The van der Waals surface area contributed by atoms with Gasteiger partial charge in [-0.05, 0) is 30.3 Å². The molecule has 0 aliphatic rings. The highest BCUT2D eigenvalue weighted by Gasteiger charge is 2.16. The van der Waals surface area contributed by atoms with Crippen molar-refractivity contribution in [2.24, 2.45) is 0 Å². The van der Waals surface area contributed by atoms with Crippen LogP contribution in [0.2, 0.25) is 0 Å². The van der Waals surface area contributed by atoms with Gasteiger partial charge in [0.15, 0.2) is 0 Å². The molecule has 4 aromatic rings. The number of aromatic nitrogens is 4. The number of fused-ring (bicyclic) bond motifs is 1. The van der Waals surface area contributed by atoms with Crippen LogP contribution in [-0.4, -0.2) is 38.2 Å². The van der Waals surface area contributed by atoms with E-state index in [9.17, 15) is 14.4 Å². The Kier molecular flexibility index (Phi) is 5.43. The Morgan fingerprint density at radius 3 is 2.68 bits per heavy atom. The number of anilines is 1. The first kappa shape index (κ1) is 19.8. The molecule has 10 nitrogen and oxygen atoms in total. The third-order valence-corrected chi connectivity index (χ3v) is 4.29. The number of nitrogens with one attached hydrogen (secondary N) is 1. The van der Waals surface area contributed by atoms with Crippen LogP contribution in [0.1, 0.15) is 10.4 Å². The highest BCUT2D eigenvalue weighted by atomic mass is 16.5. The molecule has 156 valence electrons. The van der Waals surface area contributed by atoms with Crippen molar-refractivity contribution in [3.05, 3.63) is 83.0 Å². The summed E-state index contributed by atoms with van der Waals surface area (Å²) in [5.74, 6) is -0.346. The molecule has 2 aromatic heterocycles. The molecule has 1 N–H and O–H groups in total. The zero-order valence-electron chi connectivity index (χ0n) is 16.4. The van der Waals surface area contributed by atoms with E-state index >= 15 is 0 Å². The minimum atomic E-state index is -0.522. The maximum atomic E-state index is 12.6. The van der Waals surface area contributed by atoms with Crippen LogP contribution in [0.3, 0.4) is 0 Å². The second-order valence-corrected chi connectivity index (χ2v) is 6.40. The molecule has 2 aromatic carbocycles. The zero-order chi connectivity index (χ0) is 21.8. The Balaban J connectivity index is 1.55. The summed E-state index contributed by atoms with van der Waals surface area (Å²) in [6, 6.07) is 15.2. The number of esters is 1. The van der Waals surface area contributed by atoms with Gasteiger partial charge in [-0.1, -0.05) is 24.3 Å².